The molecule has 7 nitrogen and oxygen atoms in total. The molecule has 10 heteroatoms. The number of ether oxygens (including phenoxy) is 1. The summed E-state index contributed by atoms with van der Waals surface area (Å²) >= 11 is 0. The molecule has 2 aromatic carbocycles. The van der Waals surface area contributed by atoms with Crippen molar-refractivity contribution in [2.75, 3.05) is 6.61 Å². The van der Waals surface area contributed by atoms with E-state index in [1.54, 1.807) is 18.3 Å². The Bertz CT molecular complexity index is 1330. The maximum absolute atomic E-state index is 12.7. The quantitative estimate of drug-likeness (QED) is 0.215. The zero-order valence-electron chi connectivity index (χ0n) is 21.2. The maximum Gasteiger partial charge on any atom is 0.416 e. The van der Waals surface area contributed by atoms with Crippen molar-refractivity contribution in [3.05, 3.63) is 101 Å². The van der Waals surface area contributed by atoms with Crippen LogP contribution < -0.4 is 4.74 Å². The number of nitrogens with zero attached hydrogens (tertiary/aromatic N) is 3. The van der Waals surface area contributed by atoms with Crippen LogP contribution in [0.25, 0.3) is 12.2 Å². The number of oxazole rings is 1. The Morgan fingerprint density at radius 2 is 1.79 bits per heavy atom. The van der Waals surface area contributed by atoms with Gasteiger partial charge in [0.2, 0.25) is 5.89 Å². The van der Waals surface area contributed by atoms with Crippen LogP contribution in [0.2, 0.25) is 0 Å². The van der Waals surface area contributed by atoms with Gasteiger partial charge in [-0.25, -0.2) is 9.97 Å². The Morgan fingerprint density at radius 1 is 1.03 bits per heavy atom. The summed E-state index contributed by atoms with van der Waals surface area (Å²) in [6.07, 6.45) is 6.34. The van der Waals surface area contributed by atoms with E-state index in [1.165, 1.54) is 24.0 Å². The summed E-state index contributed by atoms with van der Waals surface area (Å²) in [5, 5.41) is 18.7. The first-order valence-electron chi connectivity index (χ1n) is 12.6. The minimum Gasteiger partial charge on any atom is -0.487 e. The fourth-order valence-corrected chi connectivity index (χ4v) is 3.95. The second kappa shape index (κ2) is 13.3. The molecule has 0 amide bonds. The fraction of sp³-hybridized carbons (Fsp3) is 0.310. The number of hydrogen-bond acceptors (Lipinski definition) is 6. The Hall–Kier alpha value is -3.89. The minimum absolute atomic E-state index is 0.217. The first-order valence-corrected chi connectivity index (χ1v) is 12.6. The number of aromatic nitrogens is 3. The van der Waals surface area contributed by atoms with Gasteiger partial charge < -0.3 is 23.9 Å². The van der Waals surface area contributed by atoms with Crippen LogP contribution in [-0.4, -0.2) is 37.5 Å². The van der Waals surface area contributed by atoms with Gasteiger partial charge in [-0.15, -0.1) is 0 Å². The zero-order chi connectivity index (χ0) is 27.7. The van der Waals surface area contributed by atoms with Crippen molar-refractivity contribution in [2.45, 2.75) is 51.1 Å². The molecule has 39 heavy (non-hydrogen) atoms. The SMILES string of the molecule is OCC(O)Cc1nccn1CCCCc1ccc(OCc2coc(C=Cc3ccc(C(F)(F)F)cc3)n2)cc1. The summed E-state index contributed by atoms with van der Waals surface area (Å²) in [5.74, 6) is 1.80. The number of halogens is 3. The lowest BCUT2D eigenvalue weighted by Crippen LogP contribution is -2.18. The molecular formula is C29H30F3N3O4. The van der Waals surface area contributed by atoms with E-state index in [4.69, 9.17) is 14.3 Å². The second-order valence-corrected chi connectivity index (χ2v) is 9.10. The molecule has 1 atom stereocenters. The Labute approximate surface area is 224 Å². The van der Waals surface area contributed by atoms with Gasteiger partial charge in [0.05, 0.1) is 18.3 Å². The molecule has 2 heterocycles. The van der Waals surface area contributed by atoms with Gasteiger partial charge in [-0.1, -0.05) is 24.3 Å². The maximum atomic E-state index is 12.7. The standard InChI is InChI=1S/C29H30F3N3O4/c30-29(31,32)23-9-4-22(5-10-23)8-13-28-34-24(20-39-28)19-38-26-11-6-21(7-12-26)3-1-2-15-35-16-14-33-27(35)17-25(37)18-36/h4-14,16,20,25,36-37H,1-3,15,17-19H2. The zero-order valence-corrected chi connectivity index (χ0v) is 21.2. The highest BCUT2D eigenvalue weighted by Crippen LogP contribution is 2.29. The number of aliphatic hydroxyl groups is 2. The molecule has 0 radical (unpaired) electrons. The largest absolute Gasteiger partial charge is 0.487 e. The molecule has 4 rings (SSSR count). The van der Waals surface area contributed by atoms with E-state index in [-0.39, 0.29) is 13.2 Å². The van der Waals surface area contributed by atoms with Crippen molar-refractivity contribution in [1.82, 2.24) is 14.5 Å². The molecule has 0 aliphatic rings. The lowest BCUT2D eigenvalue weighted by Gasteiger charge is -2.10. The average Bonchev–Trinajstić information content (AvgIpc) is 3.58. The minimum atomic E-state index is -4.36. The molecule has 0 bridgehead atoms. The summed E-state index contributed by atoms with van der Waals surface area (Å²) in [4.78, 5) is 8.58. The van der Waals surface area contributed by atoms with Crippen LogP contribution in [0.4, 0.5) is 13.2 Å². The predicted molar refractivity (Wildman–Crippen MR) is 140 cm³/mol. The van der Waals surface area contributed by atoms with E-state index in [2.05, 4.69) is 9.97 Å². The molecule has 0 aliphatic carbocycles. The van der Waals surface area contributed by atoms with Gasteiger partial charge in [-0.3, -0.25) is 0 Å². The third-order valence-electron chi connectivity index (χ3n) is 6.08. The Balaban J connectivity index is 1.19. The van der Waals surface area contributed by atoms with Crippen LogP contribution in [0.1, 0.15) is 46.9 Å². The number of rotatable bonds is 13. The highest BCUT2D eigenvalue weighted by Gasteiger charge is 2.29. The van der Waals surface area contributed by atoms with E-state index in [9.17, 15) is 18.3 Å². The number of benzene rings is 2. The Kier molecular flexibility index (Phi) is 9.56. The normalized spacial score (nSPS) is 12.7. The summed E-state index contributed by atoms with van der Waals surface area (Å²) < 4.78 is 51.2. The van der Waals surface area contributed by atoms with Crippen molar-refractivity contribution in [3.63, 3.8) is 0 Å². The first-order chi connectivity index (χ1) is 18.8. The lowest BCUT2D eigenvalue weighted by atomic mass is 10.1. The van der Waals surface area contributed by atoms with Crippen molar-refractivity contribution >= 4 is 12.2 Å². The summed E-state index contributed by atoms with van der Waals surface area (Å²) in [6, 6.07) is 12.7. The van der Waals surface area contributed by atoms with Gasteiger partial charge in [0.1, 0.15) is 30.1 Å². The molecule has 0 saturated carbocycles. The van der Waals surface area contributed by atoms with Crippen molar-refractivity contribution < 1.29 is 32.5 Å². The molecule has 0 fully saturated rings. The van der Waals surface area contributed by atoms with Gasteiger partial charge in [-0.2, -0.15) is 13.2 Å². The monoisotopic (exact) mass is 541 g/mol. The highest BCUT2D eigenvalue weighted by atomic mass is 19.4. The third-order valence-corrected chi connectivity index (χ3v) is 6.08. The summed E-state index contributed by atoms with van der Waals surface area (Å²) in [6.45, 7) is 0.737. The molecule has 1 unspecified atom stereocenters. The fourth-order valence-electron chi connectivity index (χ4n) is 3.95. The van der Waals surface area contributed by atoms with Gasteiger partial charge in [0, 0.05) is 31.4 Å². The van der Waals surface area contributed by atoms with E-state index in [0.717, 1.165) is 43.8 Å². The molecule has 4 aromatic rings. The van der Waals surface area contributed by atoms with Gasteiger partial charge in [0.15, 0.2) is 0 Å². The molecule has 0 spiro atoms. The van der Waals surface area contributed by atoms with Crippen LogP contribution in [0.15, 0.2) is 71.6 Å². The lowest BCUT2D eigenvalue weighted by molar-refractivity contribution is -0.137. The third kappa shape index (κ3) is 8.56. The number of alkyl halides is 3. The molecular weight excluding hydrogens is 511 g/mol. The van der Waals surface area contributed by atoms with Gasteiger partial charge >= 0.3 is 6.18 Å². The van der Waals surface area contributed by atoms with Crippen LogP contribution in [-0.2, 0) is 32.2 Å². The molecule has 2 N–H and O–H groups in total. The number of aryl methyl sites for hydroxylation is 2. The Morgan fingerprint density at radius 3 is 2.51 bits per heavy atom. The molecule has 0 saturated heterocycles. The van der Waals surface area contributed by atoms with Gasteiger partial charge in [0.25, 0.3) is 0 Å². The molecule has 206 valence electrons. The second-order valence-electron chi connectivity index (χ2n) is 9.10. The molecule has 0 aliphatic heterocycles. The van der Waals surface area contributed by atoms with Crippen LogP contribution in [0.5, 0.6) is 5.75 Å². The smallest absolute Gasteiger partial charge is 0.416 e. The number of aliphatic hydroxyl groups excluding tert-OH is 2. The summed E-state index contributed by atoms with van der Waals surface area (Å²) in [5.41, 5.74) is 1.70. The number of imidazole rings is 1. The van der Waals surface area contributed by atoms with E-state index in [1.807, 2.05) is 35.0 Å². The van der Waals surface area contributed by atoms with E-state index in [0.29, 0.717) is 29.3 Å². The number of unbranched alkanes of at least 4 members (excludes halogenated alkanes) is 1. The van der Waals surface area contributed by atoms with Crippen molar-refractivity contribution in [3.8, 4) is 5.75 Å². The van der Waals surface area contributed by atoms with E-state index < -0.39 is 17.8 Å². The van der Waals surface area contributed by atoms with Crippen LogP contribution in [0, 0.1) is 0 Å². The topological polar surface area (TPSA) is 93.5 Å². The van der Waals surface area contributed by atoms with Gasteiger partial charge in [-0.05, 0) is 60.7 Å². The average molecular weight is 542 g/mol. The van der Waals surface area contributed by atoms with E-state index >= 15 is 0 Å². The summed E-state index contributed by atoms with van der Waals surface area (Å²) in [7, 11) is 0. The van der Waals surface area contributed by atoms with Crippen LogP contribution >= 0.6 is 0 Å². The first kappa shape index (κ1) is 28.1. The molecule has 2 aromatic heterocycles. The highest BCUT2D eigenvalue weighted by molar-refractivity contribution is 5.66. The van der Waals surface area contributed by atoms with Crippen molar-refractivity contribution in [1.29, 1.82) is 0 Å². The predicted octanol–water partition coefficient (Wildman–Crippen LogP) is 5.56. The van der Waals surface area contributed by atoms with Crippen molar-refractivity contribution in [2.24, 2.45) is 0 Å². The van der Waals surface area contributed by atoms with Crippen LogP contribution in [0.3, 0.4) is 0 Å². The number of hydrogen-bond donors (Lipinski definition) is 2.